The van der Waals surface area contributed by atoms with Crippen LogP contribution in [0.1, 0.15) is 55.3 Å². The number of aromatic amines is 1. The number of imidazole rings is 1. The molecule has 1 radical (unpaired) electrons. The average molecular weight is 829 g/mol. The Morgan fingerprint density at radius 1 is 0.817 bits per heavy atom. The molecule has 1 aliphatic rings. The Balaban J connectivity index is 1.50. The highest BCUT2D eigenvalue weighted by Gasteiger charge is 2.39. The monoisotopic (exact) mass is 828 g/mol. The number of guanidine groups is 2. The van der Waals surface area contributed by atoms with Crippen LogP contribution in [0.3, 0.4) is 0 Å². The molecule has 1 saturated heterocycles. The van der Waals surface area contributed by atoms with Crippen LogP contribution in [0, 0.1) is 10.8 Å². The van der Waals surface area contributed by atoms with E-state index in [2.05, 4.69) is 41.9 Å². The van der Waals surface area contributed by atoms with Gasteiger partial charge in [-0.3, -0.25) is 34.8 Å². The van der Waals surface area contributed by atoms with Crippen LogP contribution >= 0.6 is 0 Å². The number of likely N-dealkylation sites (tertiary alicyclic amines) is 1. The molecule has 0 spiro atoms. The summed E-state index contributed by atoms with van der Waals surface area (Å²) in [6.45, 7) is 0.564. The zero-order valence-corrected chi connectivity index (χ0v) is 33.2. The first-order valence-electron chi connectivity index (χ1n) is 19.7. The summed E-state index contributed by atoms with van der Waals surface area (Å²) >= 11 is 0. The van der Waals surface area contributed by atoms with Gasteiger partial charge in [0.25, 0.3) is 0 Å². The standard InChI is InChI=1S/C40H54N13O7/c41-38(42)46-17-7-14-30(52-40(59)60-24-27-12-5-2-6-13-27)34(55)50-31(15-8-18-47-39(43)44)37(58)53-19-9-16-33(53)36(57)51-32(20-26-10-3-1-4-11-26)35(56)49-29(23-54)21-28-22-45-25-48-28/h1-6,10-13,22,25,29-33H,7-9,14-21,24H2,(H,45,48)(H,49,56)(H,50,55)(H,51,57)(H,52,59)(H4,41,42,46)(H4,43,44,47)/t29-,30-,31-,32-,33-/m0/s1. The van der Waals surface area contributed by atoms with Crippen LogP contribution in [0.25, 0.3) is 0 Å². The second kappa shape index (κ2) is 24.1. The second-order valence-electron chi connectivity index (χ2n) is 14.2. The summed E-state index contributed by atoms with van der Waals surface area (Å²) in [5, 5.41) is 31.1. The number of hydrogen-bond acceptors (Lipinski definition) is 10. The van der Waals surface area contributed by atoms with E-state index in [0.717, 1.165) is 11.1 Å². The minimum absolute atomic E-state index is 0.0510. The van der Waals surface area contributed by atoms with Crippen molar-refractivity contribution >= 4 is 47.9 Å². The van der Waals surface area contributed by atoms with Gasteiger partial charge in [0.05, 0.1) is 12.0 Å². The number of aromatic nitrogens is 2. The number of amides is 5. The third-order valence-corrected chi connectivity index (χ3v) is 9.59. The Kier molecular flexibility index (Phi) is 18.3. The van der Waals surface area contributed by atoms with Gasteiger partial charge in [-0.2, -0.15) is 0 Å². The number of rotatable bonds is 23. The molecule has 3 aromatic rings. The number of alkyl carbamates (subject to hydrolysis) is 1. The number of H-pyrrole nitrogens is 1. The minimum atomic E-state index is -1.17. The average Bonchev–Trinajstić information content (AvgIpc) is 3.95. The summed E-state index contributed by atoms with van der Waals surface area (Å²) in [6, 6.07) is 12.4. The van der Waals surface area contributed by atoms with Crippen molar-refractivity contribution in [3.8, 4) is 0 Å². The molecule has 20 nitrogen and oxygen atoms in total. The van der Waals surface area contributed by atoms with E-state index in [4.69, 9.17) is 27.0 Å². The molecule has 321 valence electrons. The summed E-state index contributed by atoms with van der Waals surface area (Å²) in [6.07, 6.45) is 5.63. The lowest BCUT2D eigenvalue weighted by Crippen LogP contribution is -2.58. The highest BCUT2D eigenvalue weighted by atomic mass is 16.5. The summed E-state index contributed by atoms with van der Waals surface area (Å²) in [4.78, 5) is 89.0. The molecular weight excluding hydrogens is 775 g/mol. The number of carbonyl (C=O) groups is 5. The van der Waals surface area contributed by atoms with Gasteiger partial charge in [-0.15, -0.1) is 0 Å². The van der Waals surface area contributed by atoms with E-state index in [9.17, 15) is 28.8 Å². The van der Waals surface area contributed by atoms with Gasteiger partial charge >= 0.3 is 6.09 Å². The summed E-state index contributed by atoms with van der Waals surface area (Å²) in [7, 11) is 0. The van der Waals surface area contributed by atoms with Crippen molar-refractivity contribution in [3.05, 3.63) is 90.0 Å². The van der Waals surface area contributed by atoms with Gasteiger partial charge < -0.3 is 58.0 Å². The van der Waals surface area contributed by atoms with E-state index in [1.807, 2.05) is 18.4 Å². The van der Waals surface area contributed by atoms with Crippen molar-refractivity contribution in [2.24, 2.45) is 11.5 Å². The lowest BCUT2D eigenvalue weighted by molar-refractivity contribution is -0.142. The maximum Gasteiger partial charge on any atom is 0.408 e. The molecule has 5 amide bonds. The second-order valence-corrected chi connectivity index (χ2v) is 14.2. The topological polar surface area (TPSA) is 315 Å². The molecule has 0 aliphatic carbocycles. The van der Waals surface area contributed by atoms with Gasteiger partial charge in [-0.1, -0.05) is 60.7 Å². The van der Waals surface area contributed by atoms with Gasteiger partial charge in [-0.25, -0.2) is 9.78 Å². The van der Waals surface area contributed by atoms with Gasteiger partial charge in [0.15, 0.2) is 11.9 Å². The highest BCUT2D eigenvalue weighted by molar-refractivity contribution is 5.96. The summed E-state index contributed by atoms with van der Waals surface area (Å²) in [5.41, 5.74) is 12.9. The molecule has 0 saturated carbocycles. The predicted octanol–water partition coefficient (Wildman–Crippen LogP) is -0.428. The van der Waals surface area contributed by atoms with Gasteiger partial charge in [0.2, 0.25) is 29.9 Å². The number of ether oxygens (including phenoxy) is 1. The Hall–Kier alpha value is -6.99. The van der Waals surface area contributed by atoms with Crippen LogP contribution < -0.4 is 43.4 Å². The summed E-state index contributed by atoms with van der Waals surface area (Å²) < 4.78 is 5.35. The highest BCUT2D eigenvalue weighted by Crippen LogP contribution is 2.21. The van der Waals surface area contributed by atoms with Gasteiger partial charge in [0.1, 0.15) is 36.8 Å². The first-order chi connectivity index (χ1) is 28.9. The minimum Gasteiger partial charge on any atom is -0.445 e. The number of nitrogens with two attached hydrogens (primary N) is 2. The first-order valence-corrected chi connectivity index (χ1v) is 19.7. The summed E-state index contributed by atoms with van der Waals surface area (Å²) in [5.74, 6) is -3.02. The van der Waals surface area contributed by atoms with Crippen LogP contribution in [-0.4, -0.2) is 113 Å². The normalized spacial score (nSPS) is 15.3. The molecule has 2 heterocycles. The SMILES string of the molecule is N=C(N)NCCC[C@H](NC(=O)OCc1ccccc1)C(=O)N[C@@H](CCCNC(=N)N)C(=O)N1CCC[C@H]1C(=O)N[C@@H](Cc1ccccc1)C(=O)N[C@H]([C]=O)Cc1c[nH]cn1. The zero-order valence-electron chi connectivity index (χ0n) is 33.2. The molecule has 13 N–H and O–H groups in total. The van der Waals surface area contributed by atoms with Crippen molar-refractivity contribution in [1.82, 2.24) is 46.8 Å². The van der Waals surface area contributed by atoms with Crippen LogP contribution in [-0.2, 0) is 48.2 Å². The van der Waals surface area contributed by atoms with Crippen LogP contribution in [0.15, 0.2) is 73.2 Å². The Morgan fingerprint density at radius 3 is 2.03 bits per heavy atom. The fraction of sp³-hybridized carbons (Fsp3) is 0.425. The van der Waals surface area contributed by atoms with Crippen LogP contribution in [0.2, 0.25) is 0 Å². The smallest absolute Gasteiger partial charge is 0.408 e. The molecule has 1 aliphatic heterocycles. The molecule has 4 rings (SSSR count). The van der Waals surface area contributed by atoms with E-state index in [1.54, 1.807) is 54.7 Å². The molecule has 60 heavy (non-hydrogen) atoms. The molecular formula is C40H54N13O7. The van der Waals surface area contributed by atoms with Crippen LogP contribution in [0.5, 0.6) is 0 Å². The predicted molar refractivity (Wildman–Crippen MR) is 221 cm³/mol. The van der Waals surface area contributed by atoms with E-state index in [0.29, 0.717) is 18.5 Å². The lowest BCUT2D eigenvalue weighted by Gasteiger charge is -2.31. The maximum atomic E-state index is 14.4. The Bertz CT molecular complexity index is 1880. The van der Waals surface area contributed by atoms with Crippen molar-refractivity contribution in [2.75, 3.05) is 19.6 Å². The molecule has 20 heteroatoms. The van der Waals surface area contributed by atoms with E-state index in [-0.39, 0.29) is 76.7 Å². The van der Waals surface area contributed by atoms with E-state index >= 15 is 0 Å². The quantitative estimate of drug-likeness (QED) is 0.0330. The van der Waals surface area contributed by atoms with Crippen molar-refractivity contribution in [2.45, 2.75) is 88.2 Å². The van der Waals surface area contributed by atoms with E-state index < -0.39 is 59.9 Å². The van der Waals surface area contributed by atoms with Gasteiger partial charge in [-0.05, 0) is 49.7 Å². The number of hydrogen-bond donors (Lipinski definition) is 11. The molecule has 2 aromatic carbocycles. The van der Waals surface area contributed by atoms with Crippen molar-refractivity contribution in [3.63, 3.8) is 0 Å². The zero-order chi connectivity index (χ0) is 43.3. The number of nitrogens with zero attached hydrogens (tertiary/aromatic N) is 2. The van der Waals surface area contributed by atoms with Gasteiger partial charge in [0, 0.05) is 38.7 Å². The molecule has 0 bridgehead atoms. The Morgan fingerprint density at radius 2 is 1.43 bits per heavy atom. The first kappa shape index (κ1) is 45.7. The van der Waals surface area contributed by atoms with E-state index in [1.165, 1.54) is 11.2 Å². The van der Waals surface area contributed by atoms with Crippen molar-refractivity contribution in [1.29, 1.82) is 10.8 Å². The fourth-order valence-electron chi connectivity index (χ4n) is 6.60. The van der Waals surface area contributed by atoms with Crippen molar-refractivity contribution < 1.29 is 33.5 Å². The molecule has 1 fully saturated rings. The third kappa shape index (κ3) is 15.4. The van der Waals surface area contributed by atoms with Crippen LogP contribution in [0.4, 0.5) is 4.79 Å². The number of nitrogens with one attached hydrogen (secondary N) is 9. The third-order valence-electron chi connectivity index (χ3n) is 9.59. The maximum absolute atomic E-state index is 14.4. The molecule has 0 unspecified atom stereocenters. The largest absolute Gasteiger partial charge is 0.445 e. The molecule has 1 aromatic heterocycles. The number of carbonyl (C=O) groups excluding carboxylic acids is 6. The fourth-order valence-corrected chi connectivity index (χ4v) is 6.60. The Labute approximate surface area is 347 Å². The molecule has 5 atom stereocenters. The number of benzene rings is 2. The lowest BCUT2D eigenvalue weighted by atomic mass is 10.0.